The number of rotatable bonds is 5. The summed E-state index contributed by atoms with van der Waals surface area (Å²) in [7, 11) is 1.69. The molecule has 2 heteroatoms. The van der Waals surface area contributed by atoms with E-state index in [2.05, 4.69) is 25.2 Å². The van der Waals surface area contributed by atoms with Crippen LogP contribution in [-0.2, 0) is 0 Å². The molecule has 0 unspecified atom stereocenters. The van der Waals surface area contributed by atoms with Crippen LogP contribution in [0, 0.1) is 6.92 Å². The molecular formula is C12H19NO. The van der Waals surface area contributed by atoms with Gasteiger partial charge in [0.2, 0.25) is 0 Å². The lowest BCUT2D eigenvalue weighted by atomic mass is 10.2. The second-order valence-electron chi connectivity index (χ2n) is 3.46. The number of aryl methyl sites for hydroxylation is 1. The second kappa shape index (κ2) is 5.53. The van der Waals surface area contributed by atoms with Crippen molar-refractivity contribution >= 4 is 5.69 Å². The molecule has 0 amide bonds. The maximum Gasteiger partial charge on any atom is 0.119 e. The molecule has 78 valence electrons. The number of nitrogens with one attached hydrogen (secondary N) is 1. The van der Waals surface area contributed by atoms with Crippen LogP contribution in [0.3, 0.4) is 0 Å². The van der Waals surface area contributed by atoms with E-state index in [1.165, 1.54) is 24.1 Å². The molecule has 2 nitrogen and oxygen atoms in total. The molecule has 0 aliphatic heterocycles. The van der Waals surface area contributed by atoms with Crippen LogP contribution in [0.15, 0.2) is 18.2 Å². The number of hydrogen-bond acceptors (Lipinski definition) is 2. The Bertz CT molecular complexity index is 284. The summed E-state index contributed by atoms with van der Waals surface area (Å²) in [5.41, 5.74) is 2.44. The van der Waals surface area contributed by atoms with E-state index >= 15 is 0 Å². The zero-order valence-corrected chi connectivity index (χ0v) is 9.26. The van der Waals surface area contributed by atoms with E-state index in [1.54, 1.807) is 7.11 Å². The Morgan fingerprint density at radius 3 is 2.71 bits per heavy atom. The van der Waals surface area contributed by atoms with Gasteiger partial charge < -0.3 is 10.1 Å². The van der Waals surface area contributed by atoms with Gasteiger partial charge in [-0.3, -0.25) is 0 Å². The van der Waals surface area contributed by atoms with Crippen molar-refractivity contribution in [3.8, 4) is 5.75 Å². The molecule has 1 N–H and O–H groups in total. The van der Waals surface area contributed by atoms with Crippen molar-refractivity contribution in [1.29, 1.82) is 0 Å². The largest absolute Gasteiger partial charge is 0.497 e. The minimum atomic E-state index is 0.920. The average Bonchev–Trinajstić information content (AvgIpc) is 2.20. The summed E-state index contributed by atoms with van der Waals surface area (Å²) in [6, 6.07) is 6.11. The zero-order chi connectivity index (χ0) is 10.4. The van der Waals surface area contributed by atoms with Gasteiger partial charge in [-0.15, -0.1) is 0 Å². The Balaban J connectivity index is 2.59. The van der Waals surface area contributed by atoms with Crippen LogP contribution < -0.4 is 10.1 Å². The first kappa shape index (κ1) is 10.9. The monoisotopic (exact) mass is 193 g/mol. The number of ether oxygens (including phenoxy) is 1. The SMILES string of the molecule is CCCCNc1ccc(OC)cc1C. The van der Waals surface area contributed by atoms with Crippen LogP contribution in [0.2, 0.25) is 0 Å². The summed E-state index contributed by atoms with van der Waals surface area (Å²) < 4.78 is 5.15. The molecular weight excluding hydrogens is 174 g/mol. The van der Waals surface area contributed by atoms with E-state index in [9.17, 15) is 0 Å². The molecule has 0 spiro atoms. The number of unbranched alkanes of at least 4 members (excludes halogenated alkanes) is 1. The Kier molecular flexibility index (Phi) is 4.30. The Morgan fingerprint density at radius 2 is 2.14 bits per heavy atom. The maximum absolute atomic E-state index is 5.15. The van der Waals surface area contributed by atoms with Crippen molar-refractivity contribution in [1.82, 2.24) is 0 Å². The first-order valence-electron chi connectivity index (χ1n) is 5.16. The highest BCUT2D eigenvalue weighted by molar-refractivity contribution is 5.53. The number of hydrogen-bond donors (Lipinski definition) is 1. The minimum Gasteiger partial charge on any atom is -0.497 e. The van der Waals surface area contributed by atoms with Crippen LogP contribution in [0.5, 0.6) is 5.75 Å². The fourth-order valence-electron chi connectivity index (χ4n) is 1.36. The molecule has 0 radical (unpaired) electrons. The molecule has 0 aliphatic rings. The minimum absolute atomic E-state index is 0.920. The molecule has 0 saturated carbocycles. The highest BCUT2D eigenvalue weighted by Gasteiger charge is 1.98. The molecule has 0 atom stereocenters. The molecule has 0 bridgehead atoms. The van der Waals surface area contributed by atoms with E-state index < -0.39 is 0 Å². The van der Waals surface area contributed by atoms with E-state index in [0.717, 1.165) is 12.3 Å². The summed E-state index contributed by atoms with van der Waals surface area (Å²) in [6.45, 7) is 5.34. The quantitative estimate of drug-likeness (QED) is 0.725. The van der Waals surface area contributed by atoms with Gasteiger partial charge in [0.05, 0.1) is 7.11 Å². The average molecular weight is 193 g/mol. The predicted molar refractivity (Wildman–Crippen MR) is 61.1 cm³/mol. The van der Waals surface area contributed by atoms with Crippen molar-refractivity contribution in [3.05, 3.63) is 23.8 Å². The van der Waals surface area contributed by atoms with Gasteiger partial charge in [-0.25, -0.2) is 0 Å². The van der Waals surface area contributed by atoms with Crippen LogP contribution in [-0.4, -0.2) is 13.7 Å². The van der Waals surface area contributed by atoms with Gasteiger partial charge in [-0.1, -0.05) is 13.3 Å². The fraction of sp³-hybridized carbons (Fsp3) is 0.500. The van der Waals surface area contributed by atoms with E-state index in [4.69, 9.17) is 4.74 Å². The molecule has 0 aliphatic carbocycles. The number of anilines is 1. The van der Waals surface area contributed by atoms with E-state index in [1.807, 2.05) is 12.1 Å². The molecule has 14 heavy (non-hydrogen) atoms. The number of methoxy groups -OCH3 is 1. The van der Waals surface area contributed by atoms with Crippen LogP contribution in [0.4, 0.5) is 5.69 Å². The molecule has 0 aromatic heterocycles. The first-order valence-corrected chi connectivity index (χ1v) is 5.16. The van der Waals surface area contributed by atoms with Gasteiger partial charge in [-0.05, 0) is 37.1 Å². The van der Waals surface area contributed by atoms with E-state index in [0.29, 0.717) is 0 Å². The Labute approximate surface area is 86.3 Å². The Morgan fingerprint density at radius 1 is 1.36 bits per heavy atom. The molecule has 1 aromatic rings. The smallest absolute Gasteiger partial charge is 0.119 e. The third-order valence-corrected chi connectivity index (χ3v) is 2.28. The molecule has 1 aromatic carbocycles. The van der Waals surface area contributed by atoms with Crippen molar-refractivity contribution in [2.75, 3.05) is 19.0 Å². The lowest BCUT2D eigenvalue weighted by Crippen LogP contribution is -2.02. The standard InChI is InChI=1S/C12H19NO/c1-4-5-8-13-12-7-6-11(14-3)9-10(12)2/h6-7,9,13H,4-5,8H2,1-3H3. The predicted octanol–water partition coefficient (Wildman–Crippen LogP) is 3.22. The van der Waals surface area contributed by atoms with Crippen LogP contribution in [0.25, 0.3) is 0 Å². The normalized spacial score (nSPS) is 9.93. The highest BCUT2D eigenvalue weighted by atomic mass is 16.5. The Hall–Kier alpha value is -1.18. The summed E-state index contributed by atoms with van der Waals surface area (Å²) in [5, 5.41) is 3.41. The lowest BCUT2D eigenvalue weighted by molar-refractivity contribution is 0.414. The lowest BCUT2D eigenvalue weighted by Gasteiger charge is -2.10. The topological polar surface area (TPSA) is 21.3 Å². The molecule has 0 heterocycles. The van der Waals surface area contributed by atoms with Gasteiger partial charge in [-0.2, -0.15) is 0 Å². The van der Waals surface area contributed by atoms with Gasteiger partial charge in [0.25, 0.3) is 0 Å². The fourth-order valence-corrected chi connectivity index (χ4v) is 1.36. The van der Waals surface area contributed by atoms with Gasteiger partial charge in [0.15, 0.2) is 0 Å². The summed E-state index contributed by atoms with van der Waals surface area (Å²) in [5.74, 6) is 0.920. The molecule has 1 rings (SSSR count). The van der Waals surface area contributed by atoms with Gasteiger partial charge in [0, 0.05) is 12.2 Å². The number of benzene rings is 1. The van der Waals surface area contributed by atoms with Crippen molar-refractivity contribution in [3.63, 3.8) is 0 Å². The van der Waals surface area contributed by atoms with Crippen molar-refractivity contribution in [2.24, 2.45) is 0 Å². The third-order valence-electron chi connectivity index (χ3n) is 2.28. The summed E-state index contributed by atoms with van der Waals surface area (Å²) in [6.07, 6.45) is 2.44. The molecule has 0 fully saturated rings. The van der Waals surface area contributed by atoms with Crippen LogP contribution in [0.1, 0.15) is 25.3 Å². The summed E-state index contributed by atoms with van der Waals surface area (Å²) in [4.78, 5) is 0. The van der Waals surface area contributed by atoms with Crippen molar-refractivity contribution in [2.45, 2.75) is 26.7 Å². The maximum atomic E-state index is 5.15. The zero-order valence-electron chi connectivity index (χ0n) is 9.26. The third kappa shape index (κ3) is 2.95. The van der Waals surface area contributed by atoms with Crippen molar-refractivity contribution < 1.29 is 4.74 Å². The summed E-state index contributed by atoms with van der Waals surface area (Å²) >= 11 is 0. The van der Waals surface area contributed by atoms with Gasteiger partial charge >= 0.3 is 0 Å². The first-order chi connectivity index (χ1) is 6.77. The van der Waals surface area contributed by atoms with E-state index in [-0.39, 0.29) is 0 Å². The van der Waals surface area contributed by atoms with Gasteiger partial charge in [0.1, 0.15) is 5.75 Å². The van der Waals surface area contributed by atoms with Crippen LogP contribution >= 0.6 is 0 Å². The molecule has 0 saturated heterocycles. The highest BCUT2D eigenvalue weighted by Crippen LogP contribution is 2.20. The second-order valence-corrected chi connectivity index (χ2v) is 3.46.